The molecule has 22 heavy (non-hydrogen) atoms. The lowest BCUT2D eigenvalue weighted by molar-refractivity contribution is 0.252. The molecule has 0 N–H and O–H groups in total. The maximum Gasteiger partial charge on any atom is 0.00593 e. The predicted molar refractivity (Wildman–Crippen MR) is 94.3 cm³/mol. The van der Waals surface area contributed by atoms with E-state index < -0.39 is 0 Å². The van der Waals surface area contributed by atoms with Gasteiger partial charge in [0.15, 0.2) is 0 Å². The van der Waals surface area contributed by atoms with Crippen LogP contribution in [0.25, 0.3) is 11.1 Å². The molecule has 2 atom stereocenters. The number of hydrogen-bond donors (Lipinski definition) is 0. The third-order valence-corrected chi connectivity index (χ3v) is 6.01. The number of rotatable bonds is 2. The molecule has 110 valence electrons. The third kappa shape index (κ3) is 1.70. The van der Waals surface area contributed by atoms with Crippen LogP contribution in [-0.4, -0.2) is 0 Å². The zero-order chi connectivity index (χ0) is 15.2. The Morgan fingerprint density at radius 2 is 0.955 bits per heavy atom. The first kappa shape index (κ1) is 13.6. The van der Waals surface area contributed by atoms with Crippen molar-refractivity contribution in [1.29, 1.82) is 0 Å². The van der Waals surface area contributed by atoms with Crippen LogP contribution in [0.15, 0.2) is 72.8 Å². The van der Waals surface area contributed by atoms with E-state index in [9.17, 15) is 0 Å². The lowest BCUT2D eigenvalue weighted by atomic mass is 9.62. The van der Waals surface area contributed by atoms with Gasteiger partial charge in [-0.2, -0.15) is 0 Å². The zero-order valence-corrected chi connectivity index (χ0v) is 13.3. The second-order valence-electron chi connectivity index (χ2n) is 7.04. The molecule has 0 heteroatoms. The number of benzene rings is 2. The average molecular weight is 286 g/mol. The molecule has 0 fully saturated rings. The quantitative estimate of drug-likeness (QED) is 0.637. The van der Waals surface area contributed by atoms with Gasteiger partial charge in [-0.1, -0.05) is 86.7 Å². The van der Waals surface area contributed by atoms with Crippen LogP contribution in [0, 0.1) is 10.8 Å². The molecule has 4 rings (SSSR count). The highest BCUT2D eigenvalue weighted by molar-refractivity contribution is 5.84. The minimum atomic E-state index is 0.208. The molecular weight excluding hydrogens is 264 g/mol. The summed E-state index contributed by atoms with van der Waals surface area (Å²) in [6.45, 7) is 4.90. The van der Waals surface area contributed by atoms with Crippen molar-refractivity contribution in [3.05, 3.63) is 83.9 Å². The third-order valence-electron chi connectivity index (χ3n) is 6.01. The van der Waals surface area contributed by atoms with E-state index in [0.717, 1.165) is 12.8 Å². The van der Waals surface area contributed by atoms with Crippen molar-refractivity contribution in [2.45, 2.75) is 26.7 Å². The highest BCUT2D eigenvalue weighted by Crippen LogP contribution is 2.67. The van der Waals surface area contributed by atoms with Gasteiger partial charge in [-0.05, 0) is 35.1 Å². The lowest BCUT2D eigenvalue weighted by Gasteiger charge is -2.40. The summed E-state index contributed by atoms with van der Waals surface area (Å²) in [5.74, 6) is 0. The van der Waals surface area contributed by atoms with Crippen molar-refractivity contribution in [2.24, 2.45) is 10.8 Å². The Kier molecular flexibility index (Phi) is 2.91. The van der Waals surface area contributed by atoms with Crippen LogP contribution >= 0.6 is 0 Å². The number of hydrogen-bond acceptors (Lipinski definition) is 0. The smallest absolute Gasteiger partial charge is 0.00593 e. The summed E-state index contributed by atoms with van der Waals surface area (Å²) in [5, 5.41) is 0. The monoisotopic (exact) mass is 286 g/mol. The Morgan fingerprint density at radius 1 is 0.591 bits per heavy atom. The maximum atomic E-state index is 2.48. The normalized spacial score (nSPS) is 29.9. The van der Waals surface area contributed by atoms with Gasteiger partial charge in [0.2, 0.25) is 0 Å². The Labute approximate surface area is 133 Å². The van der Waals surface area contributed by atoms with Gasteiger partial charge >= 0.3 is 0 Å². The van der Waals surface area contributed by atoms with Crippen molar-refractivity contribution >= 4 is 11.1 Å². The molecule has 0 amide bonds. The Balaban J connectivity index is 1.77. The summed E-state index contributed by atoms with van der Waals surface area (Å²) >= 11 is 0. The van der Waals surface area contributed by atoms with Gasteiger partial charge in [-0.15, -0.1) is 0 Å². The molecule has 0 saturated carbocycles. The van der Waals surface area contributed by atoms with Gasteiger partial charge in [0.25, 0.3) is 0 Å². The summed E-state index contributed by atoms with van der Waals surface area (Å²) in [7, 11) is 0. The molecule has 2 unspecified atom stereocenters. The Morgan fingerprint density at radius 3 is 1.32 bits per heavy atom. The summed E-state index contributed by atoms with van der Waals surface area (Å²) in [4.78, 5) is 0. The van der Waals surface area contributed by atoms with E-state index in [4.69, 9.17) is 0 Å². The first-order chi connectivity index (χ1) is 10.7. The van der Waals surface area contributed by atoms with Crippen molar-refractivity contribution in [2.75, 3.05) is 0 Å². The number of fused-ring (bicyclic) bond motifs is 1. The molecular formula is C22H22. The summed E-state index contributed by atoms with van der Waals surface area (Å²) in [6, 6.07) is 21.8. The molecule has 2 aromatic carbocycles. The van der Waals surface area contributed by atoms with E-state index in [0.29, 0.717) is 0 Å². The molecule has 0 radical (unpaired) electrons. The summed E-state index contributed by atoms with van der Waals surface area (Å²) in [5.41, 5.74) is 6.24. The van der Waals surface area contributed by atoms with Crippen LogP contribution in [0.5, 0.6) is 0 Å². The summed E-state index contributed by atoms with van der Waals surface area (Å²) in [6.07, 6.45) is 7.22. The van der Waals surface area contributed by atoms with E-state index in [-0.39, 0.29) is 10.8 Å². The second-order valence-corrected chi connectivity index (χ2v) is 7.04. The van der Waals surface area contributed by atoms with Crippen LogP contribution in [-0.2, 0) is 0 Å². The SMILES string of the molecule is CC12CC=C(c3ccccc3)C1(C)CC=C2c1ccccc1. The van der Waals surface area contributed by atoms with Crippen LogP contribution < -0.4 is 0 Å². The molecule has 0 saturated heterocycles. The van der Waals surface area contributed by atoms with Gasteiger partial charge in [0.1, 0.15) is 0 Å². The van der Waals surface area contributed by atoms with E-state index in [1.807, 2.05) is 0 Å². The topological polar surface area (TPSA) is 0 Å². The van der Waals surface area contributed by atoms with Crippen molar-refractivity contribution in [3.63, 3.8) is 0 Å². The first-order valence-corrected chi connectivity index (χ1v) is 8.17. The van der Waals surface area contributed by atoms with Crippen LogP contribution in [0.1, 0.15) is 37.8 Å². The van der Waals surface area contributed by atoms with E-state index in [1.165, 1.54) is 22.3 Å². The van der Waals surface area contributed by atoms with E-state index in [1.54, 1.807) is 0 Å². The molecule has 0 heterocycles. The minimum Gasteiger partial charge on any atom is -0.0792 e. The average Bonchev–Trinajstić information content (AvgIpc) is 2.96. The number of allylic oxidation sites excluding steroid dienone is 4. The van der Waals surface area contributed by atoms with Crippen molar-refractivity contribution in [1.82, 2.24) is 0 Å². The molecule has 0 aliphatic heterocycles. The van der Waals surface area contributed by atoms with E-state index in [2.05, 4.69) is 86.7 Å². The van der Waals surface area contributed by atoms with Crippen molar-refractivity contribution < 1.29 is 0 Å². The minimum absolute atomic E-state index is 0.208. The summed E-state index contributed by atoms with van der Waals surface area (Å²) < 4.78 is 0. The van der Waals surface area contributed by atoms with Gasteiger partial charge in [-0.3, -0.25) is 0 Å². The van der Waals surface area contributed by atoms with Gasteiger partial charge in [-0.25, -0.2) is 0 Å². The molecule has 2 aromatic rings. The maximum absolute atomic E-state index is 2.48. The highest BCUT2D eigenvalue weighted by Gasteiger charge is 2.55. The molecule has 0 aromatic heterocycles. The molecule has 0 nitrogen and oxygen atoms in total. The van der Waals surface area contributed by atoms with E-state index >= 15 is 0 Å². The fourth-order valence-corrected chi connectivity index (χ4v) is 4.44. The highest BCUT2D eigenvalue weighted by atomic mass is 14.6. The molecule has 0 spiro atoms. The van der Waals surface area contributed by atoms with Gasteiger partial charge < -0.3 is 0 Å². The van der Waals surface area contributed by atoms with Crippen LogP contribution in [0.4, 0.5) is 0 Å². The van der Waals surface area contributed by atoms with Crippen LogP contribution in [0.2, 0.25) is 0 Å². The van der Waals surface area contributed by atoms with Crippen LogP contribution in [0.3, 0.4) is 0 Å². The zero-order valence-electron chi connectivity index (χ0n) is 13.3. The standard InChI is InChI=1S/C22H22/c1-21-15-13-20(18-11-7-4-8-12-18)22(21,2)16-14-19(21)17-9-5-3-6-10-17/h3-14H,15-16H2,1-2H3. The fraction of sp³-hybridized carbons (Fsp3) is 0.273. The fourth-order valence-electron chi connectivity index (χ4n) is 4.44. The molecule has 2 aliphatic carbocycles. The molecule has 2 aliphatic rings. The Bertz CT molecular complexity index is 684. The van der Waals surface area contributed by atoms with Gasteiger partial charge in [0, 0.05) is 10.8 Å². The largest absolute Gasteiger partial charge is 0.0792 e. The van der Waals surface area contributed by atoms with Crippen molar-refractivity contribution in [3.8, 4) is 0 Å². The Hall–Kier alpha value is -2.08. The first-order valence-electron chi connectivity index (χ1n) is 8.17. The lowest BCUT2D eigenvalue weighted by Crippen LogP contribution is -2.31. The predicted octanol–water partition coefficient (Wildman–Crippen LogP) is 5.97. The second kappa shape index (κ2) is 4.71. The molecule has 0 bridgehead atoms. The van der Waals surface area contributed by atoms with Gasteiger partial charge in [0.05, 0.1) is 0 Å².